The van der Waals surface area contributed by atoms with Crippen LogP contribution in [0.15, 0.2) is 41.1 Å². The van der Waals surface area contributed by atoms with Crippen LogP contribution in [0.2, 0.25) is 0 Å². The fourth-order valence-electron chi connectivity index (χ4n) is 1.80. The van der Waals surface area contributed by atoms with E-state index in [9.17, 15) is 17.6 Å². The Morgan fingerprint density at radius 2 is 2.00 bits per heavy atom. The molecule has 0 aliphatic heterocycles. The van der Waals surface area contributed by atoms with Crippen molar-refractivity contribution in [3.8, 4) is 17.3 Å². The summed E-state index contributed by atoms with van der Waals surface area (Å²) in [6, 6.07) is 7.03. The molecule has 0 spiro atoms. The Labute approximate surface area is 132 Å². The summed E-state index contributed by atoms with van der Waals surface area (Å²) in [5.41, 5.74) is 0.235. The summed E-state index contributed by atoms with van der Waals surface area (Å²) < 4.78 is 60.7. The smallest absolute Gasteiger partial charge is 0.471 e. The zero-order valence-corrected chi connectivity index (χ0v) is 11.8. The lowest BCUT2D eigenvalue weighted by Gasteiger charge is -2.05. The molecule has 3 rings (SSSR count). The maximum Gasteiger partial charge on any atom is 0.471 e. The van der Waals surface area contributed by atoms with Crippen molar-refractivity contribution in [3.05, 3.63) is 53.8 Å². The van der Waals surface area contributed by atoms with Gasteiger partial charge in [0.25, 0.3) is 0 Å². The zero-order chi connectivity index (χ0) is 17.2. The molecule has 6 nitrogen and oxygen atoms in total. The molecule has 1 aromatic carbocycles. The van der Waals surface area contributed by atoms with Crippen LogP contribution in [-0.4, -0.2) is 20.3 Å². The van der Waals surface area contributed by atoms with Crippen molar-refractivity contribution in [2.24, 2.45) is 0 Å². The molecular formula is C14H8F4N4O2. The average Bonchev–Trinajstić information content (AvgIpc) is 3.04. The second kappa shape index (κ2) is 6.22. The van der Waals surface area contributed by atoms with E-state index in [0.717, 1.165) is 6.07 Å². The van der Waals surface area contributed by atoms with Crippen molar-refractivity contribution in [2.75, 3.05) is 0 Å². The van der Waals surface area contributed by atoms with Gasteiger partial charge in [-0.2, -0.15) is 23.3 Å². The largest absolute Gasteiger partial charge is 0.472 e. The van der Waals surface area contributed by atoms with E-state index in [-0.39, 0.29) is 18.1 Å². The molecule has 0 amide bonds. The summed E-state index contributed by atoms with van der Waals surface area (Å²) in [6.07, 6.45) is -3.31. The number of nitrogens with zero attached hydrogens (tertiary/aromatic N) is 4. The van der Waals surface area contributed by atoms with Gasteiger partial charge in [-0.25, -0.2) is 4.39 Å². The topological polar surface area (TPSA) is 73.9 Å². The molecule has 0 N–H and O–H groups in total. The monoisotopic (exact) mass is 340 g/mol. The first-order valence-electron chi connectivity index (χ1n) is 6.53. The van der Waals surface area contributed by atoms with E-state index in [2.05, 4.69) is 24.9 Å². The molecule has 0 unspecified atom stereocenters. The van der Waals surface area contributed by atoms with E-state index >= 15 is 0 Å². The van der Waals surface area contributed by atoms with Gasteiger partial charge in [0.1, 0.15) is 12.4 Å². The van der Waals surface area contributed by atoms with Crippen LogP contribution >= 0.6 is 0 Å². The molecule has 24 heavy (non-hydrogen) atoms. The lowest BCUT2D eigenvalue weighted by Crippen LogP contribution is -2.05. The van der Waals surface area contributed by atoms with Gasteiger partial charge in [-0.3, -0.25) is 0 Å². The molecule has 10 heteroatoms. The number of aromatic nitrogens is 4. The van der Waals surface area contributed by atoms with E-state index in [4.69, 9.17) is 4.74 Å². The van der Waals surface area contributed by atoms with Gasteiger partial charge in [-0.05, 0) is 23.8 Å². The standard InChI is InChI=1S/C14H8F4N4O2/c15-10-6-8(7-23-11-2-1-5-19-21-11)3-4-9(10)12-20-13(24-22-12)14(16,17)18/h1-6H,7H2. The number of alkyl halides is 3. The molecule has 0 radical (unpaired) electrons. The lowest BCUT2D eigenvalue weighted by molar-refractivity contribution is -0.159. The molecule has 2 aromatic heterocycles. The minimum absolute atomic E-state index is 0.00986. The number of halogens is 4. The van der Waals surface area contributed by atoms with E-state index in [1.165, 1.54) is 18.3 Å². The van der Waals surface area contributed by atoms with E-state index in [0.29, 0.717) is 5.56 Å². The Hall–Kier alpha value is -3.04. The molecule has 0 aliphatic carbocycles. The van der Waals surface area contributed by atoms with Gasteiger partial charge in [0.15, 0.2) is 0 Å². The van der Waals surface area contributed by atoms with Crippen molar-refractivity contribution in [3.63, 3.8) is 0 Å². The summed E-state index contributed by atoms with van der Waals surface area (Å²) in [7, 11) is 0. The van der Waals surface area contributed by atoms with Crippen molar-refractivity contribution in [1.29, 1.82) is 0 Å². The Morgan fingerprint density at radius 3 is 2.62 bits per heavy atom. The van der Waals surface area contributed by atoms with E-state index in [1.807, 2.05) is 0 Å². The summed E-state index contributed by atoms with van der Waals surface area (Å²) in [5.74, 6) is -2.56. The van der Waals surface area contributed by atoms with Crippen LogP contribution in [0, 0.1) is 5.82 Å². The van der Waals surface area contributed by atoms with Gasteiger partial charge >= 0.3 is 12.1 Å². The third-order valence-corrected chi connectivity index (χ3v) is 2.88. The first-order chi connectivity index (χ1) is 11.4. The SMILES string of the molecule is Fc1cc(COc2cccnn2)ccc1-c1noc(C(F)(F)F)n1. The second-order valence-electron chi connectivity index (χ2n) is 4.59. The molecule has 0 aliphatic rings. The van der Waals surface area contributed by atoms with Crippen molar-refractivity contribution < 1.29 is 26.8 Å². The zero-order valence-electron chi connectivity index (χ0n) is 11.8. The van der Waals surface area contributed by atoms with Gasteiger partial charge in [-0.15, -0.1) is 5.10 Å². The van der Waals surface area contributed by atoms with Crippen LogP contribution in [0.3, 0.4) is 0 Å². The molecule has 0 fully saturated rings. The highest BCUT2D eigenvalue weighted by Crippen LogP contribution is 2.30. The third-order valence-electron chi connectivity index (χ3n) is 2.88. The summed E-state index contributed by atoms with van der Waals surface area (Å²) in [6.45, 7) is 0.00986. The van der Waals surface area contributed by atoms with Gasteiger partial charge in [0, 0.05) is 12.3 Å². The Balaban J connectivity index is 1.76. The van der Waals surface area contributed by atoms with Crippen LogP contribution in [0.1, 0.15) is 11.5 Å². The molecule has 0 atom stereocenters. The van der Waals surface area contributed by atoms with E-state index in [1.54, 1.807) is 12.1 Å². The predicted octanol–water partition coefficient (Wildman–Crippen LogP) is 3.26. The molecule has 3 aromatic rings. The van der Waals surface area contributed by atoms with Crippen molar-refractivity contribution >= 4 is 0 Å². The normalized spacial score (nSPS) is 11.5. The molecule has 124 valence electrons. The molecular weight excluding hydrogens is 332 g/mol. The molecule has 0 saturated carbocycles. The first-order valence-corrected chi connectivity index (χ1v) is 6.53. The maximum atomic E-state index is 14.1. The van der Waals surface area contributed by atoms with Gasteiger partial charge < -0.3 is 9.26 Å². The highest BCUT2D eigenvalue weighted by molar-refractivity contribution is 5.55. The lowest BCUT2D eigenvalue weighted by atomic mass is 10.1. The molecule has 0 saturated heterocycles. The predicted molar refractivity (Wildman–Crippen MR) is 71.1 cm³/mol. The quantitative estimate of drug-likeness (QED) is 0.679. The second-order valence-corrected chi connectivity index (χ2v) is 4.59. The highest BCUT2D eigenvalue weighted by Gasteiger charge is 2.38. The van der Waals surface area contributed by atoms with E-state index < -0.39 is 23.7 Å². The molecule has 0 bridgehead atoms. The van der Waals surface area contributed by atoms with Crippen LogP contribution in [0.5, 0.6) is 5.88 Å². The fraction of sp³-hybridized carbons (Fsp3) is 0.143. The van der Waals surface area contributed by atoms with Crippen molar-refractivity contribution in [1.82, 2.24) is 20.3 Å². The maximum absolute atomic E-state index is 14.1. The highest BCUT2D eigenvalue weighted by atomic mass is 19.4. The van der Waals surface area contributed by atoms with Gasteiger partial charge in [0.05, 0.1) is 5.56 Å². The first kappa shape index (κ1) is 15.8. The van der Waals surface area contributed by atoms with Crippen LogP contribution in [0.25, 0.3) is 11.4 Å². The Bertz CT molecular complexity index is 836. The Morgan fingerprint density at radius 1 is 1.17 bits per heavy atom. The minimum Gasteiger partial charge on any atom is -0.472 e. The minimum atomic E-state index is -4.79. The van der Waals surface area contributed by atoms with Crippen LogP contribution in [0.4, 0.5) is 17.6 Å². The van der Waals surface area contributed by atoms with Gasteiger partial charge in [-0.1, -0.05) is 11.2 Å². The molecule has 2 heterocycles. The number of hydrogen-bond acceptors (Lipinski definition) is 6. The number of rotatable bonds is 4. The average molecular weight is 340 g/mol. The van der Waals surface area contributed by atoms with Crippen LogP contribution in [-0.2, 0) is 12.8 Å². The van der Waals surface area contributed by atoms with Crippen LogP contribution < -0.4 is 4.74 Å². The van der Waals surface area contributed by atoms with Crippen molar-refractivity contribution in [2.45, 2.75) is 12.8 Å². The summed E-state index contributed by atoms with van der Waals surface area (Å²) >= 11 is 0. The van der Waals surface area contributed by atoms with Gasteiger partial charge in [0.2, 0.25) is 11.7 Å². The number of hydrogen-bond donors (Lipinski definition) is 0. The summed E-state index contributed by atoms with van der Waals surface area (Å²) in [4.78, 5) is 3.14. The number of ether oxygens (including phenoxy) is 1. The Kier molecular flexibility index (Phi) is 4.11. The number of benzene rings is 1. The summed E-state index contributed by atoms with van der Waals surface area (Å²) in [5, 5.41) is 10.5. The fourth-order valence-corrected chi connectivity index (χ4v) is 1.80. The third kappa shape index (κ3) is 3.47.